The molecule has 6 aromatic rings. The lowest BCUT2D eigenvalue weighted by Crippen LogP contribution is -2.09. The molecule has 0 fully saturated rings. The highest BCUT2D eigenvalue weighted by Crippen LogP contribution is 2.39. The van der Waals surface area contributed by atoms with Crippen molar-refractivity contribution in [2.24, 2.45) is 0 Å². The van der Waals surface area contributed by atoms with Crippen LogP contribution in [0.4, 0.5) is 17.1 Å². The summed E-state index contributed by atoms with van der Waals surface area (Å²) < 4.78 is 0. The van der Waals surface area contributed by atoms with E-state index in [4.69, 9.17) is 0 Å². The molecule has 3 aromatic heterocycles. The zero-order chi connectivity index (χ0) is 26.8. The molecule has 0 saturated heterocycles. The van der Waals surface area contributed by atoms with Gasteiger partial charge in [0, 0.05) is 36.6 Å². The van der Waals surface area contributed by atoms with Crippen molar-refractivity contribution in [1.82, 2.24) is 0 Å². The SMILES string of the molecule is Cc1ccc(-c2ccc(N(c3ccc(-c4ccc(C=O)s4)cc3)c3ccc(-c4ccc(C=O)s4)cc3)cc2)s1. The Balaban J connectivity index is 1.37. The number of hydrogen-bond donors (Lipinski definition) is 0. The summed E-state index contributed by atoms with van der Waals surface area (Å²) in [6.07, 6.45) is 1.79. The average Bonchev–Trinajstić information content (AvgIpc) is 3.76. The maximum Gasteiger partial charge on any atom is 0.160 e. The zero-order valence-corrected chi connectivity index (χ0v) is 23.5. The molecular formula is C33H23NO2S3. The van der Waals surface area contributed by atoms with Gasteiger partial charge in [0.1, 0.15) is 0 Å². The van der Waals surface area contributed by atoms with Crippen molar-refractivity contribution in [2.75, 3.05) is 4.90 Å². The van der Waals surface area contributed by atoms with Gasteiger partial charge < -0.3 is 4.90 Å². The van der Waals surface area contributed by atoms with Crippen LogP contribution in [0.2, 0.25) is 0 Å². The van der Waals surface area contributed by atoms with Crippen molar-refractivity contribution < 1.29 is 9.59 Å². The van der Waals surface area contributed by atoms with E-state index in [1.54, 1.807) is 11.3 Å². The van der Waals surface area contributed by atoms with E-state index >= 15 is 0 Å². The number of thiophene rings is 3. The molecule has 0 N–H and O–H groups in total. The molecule has 190 valence electrons. The number of benzene rings is 3. The second-order valence-corrected chi connectivity index (χ2v) is 12.5. The lowest BCUT2D eigenvalue weighted by atomic mass is 10.1. The van der Waals surface area contributed by atoms with E-state index in [0.29, 0.717) is 0 Å². The first-order chi connectivity index (χ1) is 19.1. The van der Waals surface area contributed by atoms with E-state index in [1.165, 1.54) is 38.0 Å². The van der Waals surface area contributed by atoms with Gasteiger partial charge in [-0.1, -0.05) is 36.4 Å². The largest absolute Gasteiger partial charge is 0.311 e. The lowest BCUT2D eigenvalue weighted by Gasteiger charge is -2.26. The fourth-order valence-electron chi connectivity index (χ4n) is 4.50. The fraction of sp³-hybridized carbons (Fsp3) is 0.0303. The van der Waals surface area contributed by atoms with Crippen LogP contribution in [0.5, 0.6) is 0 Å². The summed E-state index contributed by atoms with van der Waals surface area (Å²) in [4.78, 5) is 30.7. The third-order valence-electron chi connectivity index (χ3n) is 6.46. The van der Waals surface area contributed by atoms with Gasteiger partial charge in [-0.25, -0.2) is 0 Å². The van der Waals surface area contributed by atoms with E-state index in [1.807, 2.05) is 24.3 Å². The molecule has 3 nitrogen and oxygen atoms in total. The van der Waals surface area contributed by atoms with Gasteiger partial charge in [0.05, 0.1) is 9.75 Å². The molecule has 6 heteroatoms. The number of carbonyl (C=O) groups is 2. The Labute approximate surface area is 239 Å². The second kappa shape index (κ2) is 10.9. The summed E-state index contributed by atoms with van der Waals surface area (Å²) in [5.74, 6) is 0. The summed E-state index contributed by atoms with van der Waals surface area (Å²) in [7, 11) is 0. The summed E-state index contributed by atoms with van der Waals surface area (Å²) in [6.45, 7) is 2.13. The van der Waals surface area contributed by atoms with Crippen molar-refractivity contribution in [1.29, 1.82) is 0 Å². The topological polar surface area (TPSA) is 37.4 Å². The van der Waals surface area contributed by atoms with Gasteiger partial charge in [0.2, 0.25) is 0 Å². The Bertz CT molecular complexity index is 1650. The monoisotopic (exact) mass is 561 g/mol. The highest BCUT2D eigenvalue weighted by Gasteiger charge is 2.14. The van der Waals surface area contributed by atoms with Crippen LogP contribution in [0, 0.1) is 6.92 Å². The van der Waals surface area contributed by atoms with Gasteiger partial charge in [-0.15, -0.1) is 34.0 Å². The molecule has 0 amide bonds. The van der Waals surface area contributed by atoms with E-state index in [0.717, 1.165) is 60.3 Å². The maximum absolute atomic E-state index is 11.1. The van der Waals surface area contributed by atoms with Crippen LogP contribution in [0.1, 0.15) is 24.2 Å². The zero-order valence-electron chi connectivity index (χ0n) is 21.0. The van der Waals surface area contributed by atoms with Crippen LogP contribution in [0.15, 0.2) is 109 Å². The number of rotatable bonds is 8. The molecule has 0 aliphatic heterocycles. The van der Waals surface area contributed by atoms with E-state index in [2.05, 4.69) is 96.8 Å². The normalized spacial score (nSPS) is 10.9. The fourth-order valence-corrected chi connectivity index (χ4v) is 7.03. The minimum atomic E-state index is 0.725. The summed E-state index contributed by atoms with van der Waals surface area (Å²) in [5.41, 5.74) is 6.51. The molecule has 3 aromatic carbocycles. The Morgan fingerprint density at radius 1 is 0.462 bits per heavy atom. The average molecular weight is 562 g/mol. The Hall–Kier alpha value is -4.10. The summed E-state index contributed by atoms with van der Waals surface area (Å²) >= 11 is 4.79. The summed E-state index contributed by atoms with van der Waals surface area (Å²) in [6, 6.07) is 37.6. The first-order valence-corrected chi connectivity index (χ1v) is 14.8. The van der Waals surface area contributed by atoms with Gasteiger partial charge >= 0.3 is 0 Å². The Morgan fingerprint density at radius 3 is 1.13 bits per heavy atom. The van der Waals surface area contributed by atoms with Crippen molar-refractivity contribution in [3.8, 4) is 31.3 Å². The number of aldehydes is 2. The third kappa shape index (κ3) is 5.27. The third-order valence-corrected chi connectivity index (χ3v) is 9.63. The molecule has 0 aliphatic carbocycles. The highest BCUT2D eigenvalue weighted by molar-refractivity contribution is 7.17. The molecule has 3 heterocycles. The second-order valence-electron chi connectivity index (χ2n) is 9.03. The van der Waals surface area contributed by atoms with E-state index < -0.39 is 0 Å². The molecule has 0 spiro atoms. The molecule has 0 bridgehead atoms. The van der Waals surface area contributed by atoms with Gasteiger partial charge in [0.25, 0.3) is 0 Å². The number of nitrogens with zero attached hydrogens (tertiary/aromatic N) is 1. The predicted molar refractivity (Wildman–Crippen MR) is 167 cm³/mol. The highest BCUT2D eigenvalue weighted by atomic mass is 32.1. The lowest BCUT2D eigenvalue weighted by molar-refractivity contribution is 0.111. The minimum Gasteiger partial charge on any atom is -0.311 e. The molecule has 0 aliphatic rings. The summed E-state index contributed by atoms with van der Waals surface area (Å²) in [5, 5.41) is 0. The van der Waals surface area contributed by atoms with Crippen LogP contribution < -0.4 is 4.90 Å². The van der Waals surface area contributed by atoms with Gasteiger partial charge in [-0.05, 0) is 96.4 Å². The molecule has 39 heavy (non-hydrogen) atoms. The molecule has 0 unspecified atom stereocenters. The molecule has 0 radical (unpaired) electrons. The number of anilines is 3. The van der Waals surface area contributed by atoms with E-state index in [-0.39, 0.29) is 0 Å². The van der Waals surface area contributed by atoms with Crippen LogP contribution >= 0.6 is 34.0 Å². The smallest absolute Gasteiger partial charge is 0.160 e. The van der Waals surface area contributed by atoms with E-state index in [9.17, 15) is 9.59 Å². The number of carbonyl (C=O) groups excluding carboxylic acids is 2. The Kier molecular flexibility index (Phi) is 7.07. The minimum absolute atomic E-state index is 0.725. The van der Waals surface area contributed by atoms with Gasteiger partial charge in [-0.2, -0.15) is 0 Å². The number of aryl methyl sites for hydroxylation is 1. The van der Waals surface area contributed by atoms with Crippen LogP contribution in [0.3, 0.4) is 0 Å². The van der Waals surface area contributed by atoms with Crippen molar-refractivity contribution in [3.63, 3.8) is 0 Å². The Morgan fingerprint density at radius 2 is 0.821 bits per heavy atom. The van der Waals surface area contributed by atoms with Crippen molar-refractivity contribution >= 4 is 63.6 Å². The first-order valence-electron chi connectivity index (χ1n) is 12.4. The molecule has 0 saturated carbocycles. The quantitative estimate of drug-likeness (QED) is 0.174. The van der Waals surface area contributed by atoms with Crippen LogP contribution in [0.25, 0.3) is 31.3 Å². The van der Waals surface area contributed by atoms with Gasteiger partial charge in [0.15, 0.2) is 12.6 Å². The van der Waals surface area contributed by atoms with Crippen molar-refractivity contribution in [3.05, 3.63) is 124 Å². The standard InChI is InChI=1S/C33H23NO2S3/c1-22-2-17-31(37-22)23-3-9-26(10-4-23)34(27-11-5-24(6-12-27)32-18-15-29(20-35)38-32)28-13-7-25(8-14-28)33-19-16-30(21-36)39-33/h2-21H,1H3. The van der Waals surface area contributed by atoms with Crippen LogP contribution in [-0.2, 0) is 0 Å². The molecule has 0 atom stereocenters. The molecule has 6 rings (SSSR count). The van der Waals surface area contributed by atoms with Crippen LogP contribution in [-0.4, -0.2) is 12.6 Å². The van der Waals surface area contributed by atoms with Crippen molar-refractivity contribution in [2.45, 2.75) is 6.92 Å². The first kappa shape index (κ1) is 25.2. The maximum atomic E-state index is 11.1. The van der Waals surface area contributed by atoms with Gasteiger partial charge in [-0.3, -0.25) is 9.59 Å². The molecular weight excluding hydrogens is 539 g/mol. The number of hydrogen-bond acceptors (Lipinski definition) is 6. The predicted octanol–water partition coefficient (Wildman–Crippen LogP) is 10.3.